The number of hydrogen-bond acceptors (Lipinski definition) is 5. The van der Waals surface area contributed by atoms with E-state index in [2.05, 4.69) is 15.4 Å². The smallest absolute Gasteiger partial charge is 0.431 e. The lowest BCUT2D eigenvalue weighted by atomic mass is 9.91. The van der Waals surface area contributed by atoms with Gasteiger partial charge in [0.15, 0.2) is 5.76 Å². The van der Waals surface area contributed by atoms with E-state index >= 15 is 0 Å². The third kappa shape index (κ3) is 2.99. The zero-order chi connectivity index (χ0) is 19.2. The van der Waals surface area contributed by atoms with Crippen molar-refractivity contribution in [2.24, 2.45) is 0 Å². The fraction of sp³-hybridized carbons (Fsp3) is 0.118. The van der Waals surface area contributed by atoms with Gasteiger partial charge in [-0.15, -0.1) is 0 Å². The summed E-state index contributed by atoms with van der Waals surface area (Å²) in [6.07, 6.45) is -2.49. The number of benzene rings is 1. The van der Waals surface area contributed by atoms with Crippen molar-refractivity contribution in [1.29, 1.82) is 0 Å². The van der Waals surface area contributed by atoms with Gasteiger partial charge in [0.05, 0.1) is 11.8 Å². The van der Waals surface area contributed by atoms with Gasteiger partial charge in [0.25, 0.3) is 0 Å². The predicted octanol–water partition coefficient (Wildman–Crippen LogP) is 4.24. The molecule has 0 saturated heterocycles. The number of alkyl halides is 3. The molecule has 1 aromatic carbocycles. The summed E-state index contributed by atoms with van der Waals surface area (Å²) < 4.78 is 47.5. The van der Waals surface area contributed by atoms with Crippen molar-refractivity contribution in [3.05, 3.63) is 76.6 Å². The Labute approximate surface area is 155 Å². The van der Waals surface area contributed by atoms with Gasteiger partial charge < -0.3 is 9.73 Å². The van der Waals surface area contributed by atoms with E-state index in [1.807, 2.05) is 0 Å². The monoisotopic (exact) mass is 394 g/mol. The second-order valence-electron chi connectivity index (χ2n) is 5.70. The molecule has 0 amide bonds. The molecule has 27 heavy (non-hydrogen) atoms. The molecule has 0 fully saturated rings. The highest BCUT2D eigenvalue weighted by atomic mass is 35.5. The Bertz CT molecular complexity index is 1020. The van der Waals surface area contributed by atoms with Gasteiger partial charge in [-0.05, 0) is 29.8 Å². The Morgan fingerprint density at radius 2 is 1.96 bits per heavy atom. The Morgan fingerprint density at radius 3 is 2.59 bits per heavy atom. The predicted molar refractivity (Wildman–Crippen MR) is 89.4 cm³/mol. The number of furan rings is 1. The first-order valence-corrected chi connectivity index (χ1v) is 8.05. The maximum absolute atomic E-state index is 13.8. The van der Waals surface area contributed by atoms with Gasteiger partial charge in [-0.2, -0.15) is 23.3 Å². The molecule has 1 atom stereocenters. The number of carbonyl (C=O) groups excluding carboxylic acids is 1. The van der Waals surface area contributed by atoms with Crippen molar-refractivity contribution >= 4 is 23.3 Å². The number of ketones is 1. The number of fused-ring (bicyclic) bond motifs is 1. The second kappa shape index (κ2) is 6.27. The van der Waals surface area contributed by atoms with E-state index in [0.29, 0.717) is 10.6 Å². The fourth-order valence-electron chi connectivity index (χ4n) is 2.92. The number of halogens is 4. The molecule has 10 heteroatoms. The average molecular weight is 395 g/mol. The summed E-state index contributed by atoms with van der Waals surface area (Å²) in [5, 5.41) is 6.58. The van der Waals surface area contributed by atoms with Crippen LogP contribution < -0.4 is 5.32 Å². The first-order chi connectivity index (χ1) is 12.9. The first-order valence-electron chi connectivity index (χ1n) is 7.68. The third-order valence-corrected chi connectivity index (χ3v) is 4.31. The molecule has 4 rings (SSSR count). The number of nitrogens with zero attached hydrogens (tertiary/aromatic N) is 3. The quantitative estimate of drug-likeness (QED) is 0.673. The van der Waals surface area contributed by atoms with Crippen molar-refractivity contribution in [1.82, 2.24) is 14.8 Å². The minimum atomic E-state index is -4.82. The van der Waals surface area contributed by atoms with Crippen LogP contribution in [0.1, 0.15) is 22.2 Å². The molecule has 0 radical (unpaired) electrons. The third-order valence-electron chi connectivity index (χ3n) is 4.06. The van der Waals surface area contributed by atoms with Crippen molar-refractivity contribution in [3.8, 4) is 0 Å². The topological polar surface area (TPSA) is 73.0 Å². The van der Waals surface area contributed by atoms with Gasteiger partial charge in [-0.1, -0.05) is 23.7 Å². The van der Waals surface area contributed by atoms with E-state index in [9.17, 15) is 18.0 Å². The van der Waals surface area contributed by atoms with E-state index < -0.39 is 29.3 Å². The molecular weight excluding hydrogens is 385 g/mol. The van der Waals surface area contributed by atoms with Gasteiger partial charge in [0, 0.05) is 5.02 Å². The lowest BCUT2D eigenvalue weighted by molar-refractivity contribution is -0.0918. The highest BCUT2D eigenvalue weighted by Crippen LogP contribution is 2.42. The number of allylic oxidation sites excluding steroid dienone is 2. The largest absolute Gasteiger partial charge is 0.461 e. The summed E-state index contributed by atoms with van der Waals surface area (Å²) in [4.78, 5) is 16.7. The SMILES string of the molecule is O=C(C1=C(C(F)(F)F)Nc2ncnn2[C@H]1c1ccc(Cl)cc1)c1ccco1. The van der Waals surface area contributed by atoms with Crippen LogP contribution in [0.3, 0.4) is 0 Å². The highest BCUT2D eigenvalue weighted by Gasteiger charge is 2.46. The van der Waals surface area contributed by atoms with Gasteiger partial charge in [-0.25, -0.2) is 4.68 Å². The van der Waals surface area contributed by atoms with Gasteiger partial charge in [0.2, 0.25) is 11.7 Å². The zero-order valence-corrected chi connectivity index (χ0v) is 14.1. The van der Waals surface area contributed by atoms with Gasteiger partial charge >= 0.3 is 6.18 Å². The molecule has 2 aromatic heterocycles. The minimum absolute atomic E-state index is 0.127. The lowest BCUT2D eigenvalue weighted by Crippen LogP contribution is -2.35. The Morgan fingerprint density at radius 1 is 1.22 bits per heavy atom. The van der Waals surface area contributed by atoms with Crippen LogP contribution in [0.4, 0.5) is 19.1 Å². The summed E-state index contributed by atoms with van der Waals surface area (Å²) in [5.74, 6) is -1.24. The van der Waals surface area contributed by atoms with E-state index in [4.69, 9.17) is 16.0 Å². The molecule has 0 spiro atoms. The molecule has 3 heterocycles. The standard InChI is InChI=1S/C17H10ClF3N4O2/c18-10-5-3-9(4-6-10)13-12(14(26)11-2-1-7-27-11)15(17(19,20)21)24-16-22-8-23-25(13)16/h1-8,13H,(H,22,23,24)/t13-/m0/s1. The summed E-state index contributed by atoms with van der Waals surface area (Å²) in [7, 11) is 0. The summed E-state index contributed by atoms with van der Waals surface area (Å²) in [6, 6.07) is 7.69. The van der Waals surface area contributed by atoms with Crippen LogP contribution >= 0.6 is 11.6 Å². The number of anilines is 1. The summed E-state index contributed by atoms with van der Waals surface area (Å²) in [5.41, 5.74) is -1.36. The Hall–Kier alpha value is -3.07. The van der Waals surface area contributed by atoms with Crippen LogP contribution in [-0.2, 0) is 0 Å². The van der Waals surface area contributed by atoms with Crippen molar-refractivity contribution < 1.29 is 22.4 Å². The van der Waals surface area contributed by atoms with Crippen molar-refractivity contribution in [3.63, 3.8) is 0 Å². The lowest BCUT2D eigenvalue weighted by Gasteiger charge is -2.30. The van der Waals surface area contributed by atoms with E-state index in [-0.39, 0.29) is 11.7 Å². The van der Waals surface area contributed by atoms with Crippen LogP contribution in [0.15, 0.2) is 64.7 Å². The van der Waals surface area contributed by atoms with Crippen molar-refractivity contribution in [2.45, 2.75) is 12.2 Å². The summed E-state index contributed by atoms with van der Waals surface area (Å²) in [6.45, 7) is 0. The zero-order valence-electron chi connectivity index (χ0n) is 13.4. The maximum Gasteiger partial charge on any atom is 0.431 e. The molecular formula is C17H10ClF3N4O2. The van der Waals surface area contributed by atoms with E-state index in [0.717, 1.165) is 6.33 Å². The summed E-state index contributed by atoms with van der Waals surface area (Å²) >= 11 is 5.89. The van der Waals surface area contributed by atoms with Crippen LogP contribution in [0, 0.1) is 0 Å². The number of rotatable bonds is 3. The molecule has 0 aliphatic carbocycles. The molecule has 138 valence electrons. The molecule has 1 aliphatic heterocycles. The number of hydrogen-bond donors (Lipinski definition) is 1. The van der Waals surface area contributed by atoms with Gasteiger partial charge in [0.1, 0.15) is 18.1 Å². The molecule has 1 N–H and O–H groups in total. The maximum atomic E-state index is 13.8. The molecule has 3 aromatic rings. The fourth-order valence-corrected chi connectivity index (χ4v) is 3.05. The molecule has 1 aliphatic rings. The van der Waals surface area contributed by atoms with E-state index in [1.54, 1.807) is 0 Å². The molecule has 0 bridgehead atoms. The normalized spacial score (nSPS) is 16.8. The van der Waals surface area contributed by atoms with Crippen LogP contribution in [-0.4, -0.2) is 26.7 Å². The van der Waals surface area contributed by atoms with Crippen LogP contribution in [0.25, 0.3) is 0 Å². The Kier molecular flexibility index (Phi) is 4.03. The number of carbonyl (C=O) groups is 1. The molecule has 6 nitrogen and oxygen atoms in total. The molecule has 0 saturated carbocycles. The number of aromatic nitrogens is 3. The van der Waals surface area contributed by atoms with Crippen molar-refractivity contribution in [2.75, 3.05) is 5.32 Å². The second-order valence-corrected chi connectivity index (χ2v) is 6.14. The average Bonchev–Trinajstić information content (AvgIpc) is 3.31. The highest BCUT2D eigenvalue weighted by molar-refractivity contribution is 6.30. The van der Waals surface area contributed by atoms with Gasteiger partial charge in [-0.3, -0.25) is 4.79 Å². The minimum Gasteiger partial charge on any atom is -0.461 e. The van der Waals surface area contributed by atoms with Crippen LogP contribution in [0.2, 0.25) is 5.02 Å². The number of Topliss-reactive ketones (excluding diaryl/α,β-unsaturated/α-hetero) is 1. The Balaban J connectivity index is 1.97. The van der Waals surface area contributed by atoms with E-state index in [1.165, 1.54) is 47.3 Å². The first kappa shape index (κ1) is 17.3. The van der Waals surface area contributed by atoms with Crippen LogP contribution in [0.5, 0.6) is 0 Å². The molecule has 0 unspecified atom stereocenters. The number of nitrogens with one attached hydrogen (secondary N) is 1.